The normalized spacial score (nSPS) is 13.5. The Bertz CT molecular complexity index is 985. The van der Waals surface area contributed by atoms with E-state index in [9.17, 15) is 4.79 Å². The van der Waals surface area contributed by atoms with E-state index in [-0.39, 0.29) is 11.9 Å². The van der Waals surface area contributed by atoms with Crippen molar-refractivity contribution in [3.05, 3.63) is 83.7 Å². The van der Waals surface area contributed by atoms with Crippen LogP contribution in [0.1, 0.15) is 28.5 Å². The van der Waals surface area contributed by atoms with Gasteiger partial charge in [-0.25, -0.2) is 0 Å². The Labute approximate surface area is 165 Å². The van der Waals surface area contributed by atoms with Crippen LogP contribution in [-0.4, -0.2) is 35.5 Å². The quantitative estimate of drug-likeness (QED) is 0.667. The Morgan fingerprint density at radius 2 is 1.96 bits per heavy atom. The van der Waals surface area contributed by atoms with Crippen molar-refractivity contribution in [1.29, 1.82) is 0 Å². The highest BCUT2D eigenvalue weighted by molar-refractivity contribution is 5.95. The van der Waals surface area contributed by atoms with Crippen molar-refractivity contribution in [2.45, 2.75) is 25.8 Å². The molecule has 2 aromatic carbocycles. The molecule has 0 saturated carbocycles. The summed E-state index contributed by atoms with van der Waals surface area (Å²) in [6, 6.07) is 20.0. The number of rotatable bonds is 5. The highest BCUT2D eigenvalue weighted by atomic mass is 16.5. The second-order valence-corrected chi connectivity index (χ2v) is 7.29. The molecule has 1 aromatic heterocycles. The number of likely N-dealkylation sites (N-methyl/N-ethyl adjacent to an activating group) is 1. The third-order valence-electron chi connectivity index (χ3n) is 5.34. The molecule has 1 amide bonds. The number of ether oxygens (including phenoxy) is 1. The van der Waals surface area contributed by atoms with Gasteiger partial charge in [0.1, 0.15) is 5.75 Å². The van der Waals surface area contributed by atoms with Crippen LogP contribution in [-0.2, 0) is 12.8 Å². The Kier molecular flexibility index (Phi) is 5.11. The molecule has 0 saturated heterocycles. The number of fused-ring (bicyclic) bond motifs is 1. The fourth-order valence-corrected chi connectivity index (χ4v) is 3.56. The highest BCUT2D eigenvalue weighted by Gasteiger charge is 2.19. The second kappa shape index (κ2) is 7.85. The maximum Gasteiger partial charge on any atom is 0.253 e. The molecule has 4 heteroatoms. The molecule has 3 aromatic rings. The van der Waals surface area contributed by atoms with Crippen LogP contribution in [0, 0.1) is 0 Å². The van der Waals surface area contributed by atoms with E-state index in [0.29, 0.717) is 5.56 Å². The van der Waals surface area contributed by atoms with Crippen LogP contribution in [0.25, 0.3) is 11.1 Å². The Hall–Kier alpha value is -3.14. The Balaban J connectivity index is 1.52. The van der Waals surface area contributed by atoms with Gasteiger partial charge in [0.15, 0.2) is 0 Å². The number of aromatic nitrogens is 1. The number of carbonyl (C=O) groups excluding carboxylic acids is 1. The minimum absolute atomic E-state index is 0.0229. The predicted molar refractivity (Wildman–Crippen MR) is 111 cm³/mol. The monoisotopic (exact) mass is 372 g/mol. The van der Waals surface area contributed by atoms with Gasteiger partial charge in [-0.1, -0.05) is 24.3 Å². The number of benzene rings is 2. The predicted octanol–water partition coefficient (Wildman–Crippen LogP) is 4.39. The topological polar surface area (TPSA) is 42.4 Å². The van der Waals surface area contributed by atoms with Crippen LogP contribution >= 0.6 is 0 Å². The van der Waals surface area contributed by atoms with Crippen molar-refractivity contribution < 1.29 is 9.53 Å². The summed E-state index contributed by atoms with van der Waals surface area (Å²) in [6.07, 6.45) is 3.46. The van der Waals surface area contributed by atoms with E-state index in [4.69, 9.17) is 4.74 Å². The van der Waals surface area contributed by atoms with Crippen molar-refractivity contribution in [1.82, 2.24) is 9.88 Å². The first-order chi connectivity index (χ1) is 13.6. The Morgan fingerprint density at radius 1 is 1.11 bits per heavy atom. The van der Waals surface area contributed by atoms with Crippen LogP contribution < -0.4 is 4.74 Å². The van der Waals surface area contributed by atoms with E-state index in [1.54, 1.807) is 11.1 Å². The van der Waals surface area contributed by atoms with Crippen molar-refractivity contribution in [3.63, 3.8) is 0 Å². The number of amides is 1. The van der Waals surface area contributed by atoms with Crippen LogP contribution in [0.15, 0.2) is 66.9 Å². The molecule has 0 radical (unpaired) electrons. The van der Waals surface area contributed by atoms with Gasteiger partial charge in [-0.15, -0.1) is 0 Å². The lowest BCUT2D eigenvalue weighted by atomic mass is 9.99. The lowest BCUT2D eigenvalue weighted by Crippen LogP contribution is -2.36. The molecular weight excluding hydrogens is 348 g/mol. The van der Waals surface area contributed by atoms with E-state index in [0.717, 1.165) is 42.0 Å². The average molecular weight is 372 g/mol. The minimum Gasteiger partial charge on any atom is -0.493 e. The number of hydrogen-bond acceptors (Lipinski definition) is 3. The zero-order valence-electron chi connectivity index (χ0n) is 16.3. The standard InChI is InChI=1S/C24H24N2O2/c1-17(14-22-8-3-4-12-25-22)26(2)24(27)21-7-5-6-18(16-21)19-9-10-23-20(15-19)11-13-28-23/h3-10,12,15-17H,11,13-14H2,1-2H3/t17-/m1/s1. The Morgan fingerprint density at radius 3 is 2.79 bits per heavy atom. The molecule has 142 valence electrons. The maximum atomic E-state index is 13.0. The molecular formula is C24H24N2O2. The summed E-state index contributed by atoms with van der Waals surface area (Å²) in [5.74, 6) is 0.994. The fourth-order valence-electron chi connectivity index (χ4n) is 3.56. The van der Waals surface area contributed by atoms with Crippen molar-refractivity contribution in [2.24, 2.45) is 0 Å². The lowest BCUT2D eigenvalue weighted by molar-refractivity contribution is 0.0743. The van der Waals surface area contributed by atoms with E-state index >= 15 is 0 Å². The summed E-state index contributed by atoms with van der Waals surface area (Å²) in [6.45, 7) is 2.80. The number of hydrogen-bond donors (Lipinski definition) is 0. The summed E-state index contributed by atoms with van der Waals surface area (Å²) in [5, 5.41) is 0. The first-order valence-corrected chi connectivity index (χ1v) is 9.65. The number of nitrogens with zero attached hydrogens (tertiary/aromatic N) is 2. The number of pyridine rings is 1. The molecule has 1 atom stereocenters. The number of carbonyl (C=O) groups is 1. The van der Waals surface area contributed by atoms with Crippen LogP contribution in [0.3, 0.4) is 0 Å². The first kappa shape index (κ1) is 18.2. The van der Waals surface area contributed by atoms with E-state index in [2.05, 4.69) is 24.0 Å². The summed E-state index contributed by atoms with van der Waals surface area (Å²) < 4.78 is 5.59. The first-order valence-electron chi connectivity index (χ1n) is 9.65. The van der Waals surface area contributed by atoms with E-state index in [1.165, 1.54) is 5.56 Å². The molecule has 4 nitrogen and oxygen atoms in total. The summed E-state index contributed by atoms with van der Waals surface area (Å²) in [4.78, 5) is 19.2. The smallest absolute Gasteiger partial charge is 0.253 e. The van der Waals surface area contributed by atoms with Crippen molar-refractivity contribution >= 4 is 5.91 Å². The van der Waals surface area contributed by atoms with Crippen molar-refractivity contribution in [2.75, 3.05) is 13.7 Å². The molecule has 0 aliphatic carbocycles. The summed E-state index contributed by atoms with van der Waals surface area (Å²) >= 11 is 0. The molecule has 4 rings (SSSR count). The van der Waals surface area contributed by atoms with Gasteiger partial charge in [-0.2, -0.15) is 0 Å². The zero-order chi connectivity index (χ0) is 19.5. The zero-order valence-corrected chi connectivity index (χ0v) is 16.3. The van der Waals surface area contributed by atoms with Gasteiger partial charge in [0.25, 0.3) is 5.91 Å². The van der Waals surface area contributed by atoms with Crippen LogP contribution in [0.2, 0.25) is 0 Å². The lowest BCUT2D eigenvalue weighted by Gasteiger charge is -2.25. The highest BCUT2D eigenvalue weighted by Crippen LogP contribution is 2.31. The molecule has 1 aliphatic heterocycles. The third kappa shape index (κ3) is 3.77. The van der Waals surface area contributed by atoms with Gasteiger partial charge in [0.05, 0.1) is 6.61 Å². The molecule has 28 heavy (non-hydrogen) atoms. The fraction of sp³-hybridized carbons (Fsp3) is 0.250. The third-order valence-corrected chi connectivity index (χ3v) is 5.34. The molecule has 0 fully saturated rings. The van der Waals surface area contributed by atoms with Crippen LogP contribution in [0.5, 0.6) is 5.75 Å². The summed E-state index contributed by atoms with van der Waals surface area (Å²) in [7, 11) is 1.86. The van der Waals surface area contributed by atoms with Gasteiger partial charge in [-0.05, 0) is 60.0 Å². The van der Waals surface area contributed by atoms with Gasteiger partial charge in [0.2, 0.25) is 0 Å². The van der Waals surface area contributed by atoms with Gasteiger partial charge in [-0.3, -0.25) is 9.78 Å². The largest absolute Gasteiger partial charge is 0.493 e. The van der Waals surface area contributed by atoms with E-state index in [1.807, 2.05) is 55.6 Å². The van der Waals surface area contributed by atoms with Crippen molar-refractivity contribution in [3.8, 4) is 16.9 Å². The average Bonchev–Trinajstić information content (AvgIpc) is 3.21. The van der Waals surface area contributed by atoms with Gasteiger partial charge in [0, 0.05) is 43.4 Å². The molecule has 0 spiro atoms. The van der Waals surface area contributed by atoms with Gasteiger partial charge >= 0.3 is 0 Å². The SMILES string of the molecule is C[C@H](Cc1ccccn1)N(C)C(=O)c1cccc(-c2ccc3c(c2)CCO3)c1. The molecule has 0 bridgehead atoms. The molecule has 0 unspecified atom stereocenters. The maximum absolute atomic E-state index is 13.0. The molecule has 2 heterocycles. The summed E-state index contributed by atoms with van der Waals surface area (Å²) in [5.41, 5.74) is 5.08. The minimum atomic E-state index is 0.0229. The molecule has 0 N–H and O–H groups in total. The molecule has 1 aliphatic rings. The second-order valence-electron chi connectivity index (χ2n) is 7.29. The van der Waals surface area contributed by atoms with Crippen LogP contribution in [0.4, 0.5) is 0 Å². The van der Waals surface area contributed by atoms with E-state index < -0.39 is 0 Å². The van der Waals surface area contributed by atoms with Gasteiger partial charge < -0.3 is 9.64 Å².